The van der Waals surface area contributed by atoms with Crippen LogP contribution in [0.3, 0.4) is 0 Å². The van der Waals surface area contributed by atoms with Gasteiger partial charge in [-0.1, -0.05) is 41.0 Å². The molecule has 0 fully saturated rings. The van der Waals surface area contributed by atoms with Crippen molar-refractivity contribution in [1.82, 2.24) is 15.5 Å². The van der Waals surface area contributed by atoms with Crippen molar-refractivity contribution in [3.8, 4) is 22.8 Å². The molecule has 0 saturated heterocycles. The number of aliphatic carboxylic acids is 1. The second-order valence-electron chi connectivity index (χ2n) is 6.13. The standard InChI is InChI=1S/C19H15ClF3N3O3.ClH/c20-15-6-5-13(9-14(15)19(21,22)23)18-25-17(26-29-18)12-3-1-11(2-4-12)10-24-8-7-16(27)28;/h1-6,9,24H,7-8,10H2,(H,27,28);1H. The van der Waals surface area contributed by atoms with Gasteiger partial charge in [0, 0.05) is 24.2 Å². The summed E-state index contributed by atoms with van der Waals surface area (Å²) >= 11 is 5.62. The molecule has 0 bridgehead atoms. The minimum Gasteiger partial charge on any atom is -0.481 e. The largest absolute Gasteiger partial charge is 0.481 e. The normalized spacial score (nSPS) is 11.2. The second kappa shape index (κ2) is 9.92. The van der Waals surface area contributed by atoms with E-state index in [2.05, 4.69) is 15.5 Å². The molecule has 30 heavy (non-hydrogen) atoms. The van der Waals surface area contributed by atoms with E-state index in [0.29, 0.717) is 18.7 Å². The van der Waals surface area contributed by atoms with Gasteiger partial charge < -0.3 is 14.9 Å². The summed E-state index contributed by atoms with van der Waals surface area (Å²) < 4.78 is 44.2. The molecule has 0 saturated carbocycles. The Labute approximate surface area is 180 Å². The average molecular weight is 462 g/mol. The minimum absolute atomic E-state index is 0. The van der Waals surface area contributed by atoms with E-state index in [1.165, 1.54) is 6.07 Å². The van der Waals surface area contributed by atoms with Crippen molar-refractivity contribution >= 4 is 30.0 Å². The number of aromatic nitrogens is 2. The molecule has 0 amide bonds. The SMILES string of the molecule is Cl.O=C(O)CCNCc1ccc(-c2noc(-c3ccc(Cl)c(C(F)(F)F)c3)n2)cc1. The van der Waals surface area contributed by atoms with Crippen molar-refractivity contribution in [2.24, 2.45) is 0 Å². The molecule has 11 heteroatoms. The number of hydrogen-bond acceptors (Lipinski definition) is 5. The molecule has 0 aliphatic heterocycles. The van der Waals surface area contributed by atoms with Crippen LogP contribution in [0.2, 0.25) is 5.02 Å². The molecular formula is C19H16Cl2F3N3O3. The second-order valence-corrected chi connectivity index (χ2v) is 6.54. The third-order valence-electron chi connectivity index (χ3n) is 4.00. The third kappa shape index (κ3) is 5.94. The van der Waals surface area contributed by atoms with Crippen molar-refractivity contribution in [3.63, 3.8) is 0 Å². The molecule has 160 valence electrons. The van der Waals surface area contributed by atoms with Gasteiger partial charge >= 0.3 is 12.1 Å². The molecule has 3 aromatic rings. The number of carboxylic acids is 1. The molecule has 6 nitrogen and oxygen atoms in total. The van der Waals surface area contributed by atoms with Crippen molar-refractivity contribution in [3.05, 3.63) is 58.6 Å². The van der Waals surface area contributed by atoms with E-state index in [1.807, 2.05) is 12.1 Å². The number of carboxylic acid groups (broad SMARTS) is 1. The zero-order valence-corrected chi connectivity index (χ0v) is 16.8. The molecule has 2 N–H and O–H groups in total. The lowest BCUT2D eigenvalue weighted by Gasteiger charge is -2.09. The number of hydrogen-bond donors (Lipinski definition) is 2. The fourth-order valence-electron chi connectivity index (χ4n) is 2.53. The molecule has 0 aliphatic rings. The molecule has 1 heterocycles. The number of nitrogens with zero attached hydrogens (tertiary/aromatic N) is 2. The summed E-state index contributed by atoms with van der Waals surface area (Å²) in [5.74, 6) is -0.695. The van der Waals surface area contributed by atoms with Crippen LogP contribution in [0.5, 0.6) is 0 Å². The fourth-order valence-corrected chi connectivity index (χ4v) is 2.76. The first kappa shape index (κ1) is 23.7. The predicted octanol–water partition coefficient (Wildman–Crippen LogP) is 5.06. The first-order chi connectivity index (χ1) is 13.7. The lowest BCUT2D eigenvalue weighted by atomic mass is 10.1. The average Bonchev–Trinajstić information content (AvgIpc) is 3.15. The molecule has 0 unspecified atom stereocenters. The van der Waals surface area contributed by atoms with E-state index >= 15 is 0 Å². The molecule has 0 spiro atoms. The van der Waals surface area contributed by atoms with Gasteiger partial charge in [0.2, 0.25) is 5.82 Å². The Balaban J connectivity index is 0.00000320. The van der Waals surface area contributed by atoms with Crippen LogP contribution >= 0.6 is 24.0 Å². The maximum absolute atomic E-state index is 13.0. The van der Waals surface area contributed by atoms with E-state index in [9.17, 15) is 18.0 Å². The van der Waals surface area contributed by atoms with E-state index in [4.69, 9.17) is 21.2 Å². The Hall–Kier alpha value is -2.62. The number of rotatable bonds is 7. The van der Waals surface area contributed by atoms with E-state index in [-0.39, 0.29) is 36.1 Å². The van der Waals surface area contributed by atoms with Gasteiger partial charge in [0.05, 0.1) is 17.0 Å². The topological polar surface area (TPSA) is 88.2 Å². The van der Waals surface area contributed by atoms with E-state index < -0.39 is 22.7 Å². The van der Waals surface area contributed by atoms with Crippen LogP contribution in [-0.2, 0) is 17.5 Å². The number of benzene rings is 2. The Morgan fingerprint density at radius 3 is 2.43 bits per heavy atom. The van der Waals surface area contributed by atoms with Crippen LogP contribution in [0.4, 0.5) is 13.2 Å². The Morgan fingerprint density at radius 2 is 1.80 bits per heavy atom. The number of halogens is 5. The molecule has 2 aromatic carbocycles. The third-order valence-corrected chi connectivity index (χ3v) is 4.33. The molecule has 0 atom stereocenters. The molecule has 0 radical (unpaired) electrons. The van der Waals surface area contributed by atoms with Gasteiger partial charge in [-0.3, -0.25) is 4.79 Å². The Morgan fingerprint density at radius 1 is 1.13 bits per heavy atom. The molecule has 0 aliphatic carbocycles. The van der Waals surface area contributed by atoms with Crippen LogP contribution in [-0.4, -0.2) is 27.8 Å². The Kier molecular flexibility index (Phi) is 7.83. The quantitative estimate of drug-likeness (QED) is 0.478. The molecule has 3 rings (SSSR count). The van der Waals surface area contributed by atoms with E-state index in [1.54, 1.807) is 12.1 Å². The van der Waals surface area contributed by atoms with Gasteiger partial charge in [-0.05, 0) is 23.8 Å². The van der Waals surface area contributed by atoms with E-state index in [0.717, 1.165) is 17.7 Å². The first-order valence-electron chi connectivity index (χ1n) is 8.46. The van der Waals surface area contributed by atoms with Crippen LogP contribution in [0.1, 0.15) is 17.5 Å². The first-order valence-corrected chi connectivity index (χ1v) is 8.84. The highest BCUT2D eigenvalue weighted by Gasteiger charge is 2.33. The lowest BCUT2D eigenvalue weighted by Crippen LogP contribution is -2.17. The molecule has 1 aromatic heterocycles. The van der Waals surface area contributed by atoms with Gasteiger partial charge in [0.1, 0.15) is 0 Å². The van der Waals surface area contributed by atoms with Crippen molar-refractivity contribution in [2.75, 3.05) is 6.54 Å². The van der Waals surface area contributed by atoms with Gasteiger partial charge in [-0.15, -0.1) is 12.4 Å². The zero-order chi connectivity index (χ0) is 21.0. The number of alkyl halides is 3. The minimum atomic E-state index is -4.59. The fraction of sp³-hybridized carbons (Fsp3) is 0.211. The van der Waals surface area contributed by atoms with Gasteiger partial charge in [0.15, 0.2) is 0 Å². The van der Waals surface area contributed by atoms with Gasteiger partial charge in [-0.25, -0.2) is 0 Å². The summed E-state index contributed by atoms with van der Waals surface area (Å²) in [7, 11) is 0. The van der Waals surface area contributed by atoms with Crippen LogP contribution in [0, 0.1) is 0 Å². The van der Waals surface area contributed by atoms with Gasteiger partial charge in [-0.2, -0.15) is 18.2 Å². The van der Waals surface area contributed by atoms with Crippen molar-refractivity contribution in [1.29, 1.82) is 0 Å². The number of carbonyl (C=O) groups is 1. The highest BCUT2D eigenvalue weighted by atomic mass is 35.5. The van der Waals surface area contributed by atoms with Crippen molar-refractivity contribution < 1.29 is 27.6 Å². The lowest BCUT2D eigenvalue weighted by molar-refractivity contribution is -0.138. The van der Waals surface area contributed by atoms with Crippen molar-refractivity contribution in [2.45, 2.75) is 19.1 Å². The monoisotopic (exact) mass is 461 g/mol. The zero-order valence-electron chi connectivity index (χ0n) is 15.2. The maximum Gasteiger partial charge on any atom is 0.417 e. The highest BCUT2D eigenvalue weighted by Crippen LogP contribution is 2.37. The summed E-state index contributed by atoms with van der Waals surface area (Å²) in [5, 5.41) is 15.0. The predicted molar refractivity (Wildman–Crippen MR) is 106 cm³/mol. The van der Waals surface area contributed by atoms with Gasteiger partial charge in [0.25, 0.3) is 5.89 Å². The summed E-state index contributed by atoms with van der Waals surface area (Å²) in [6.45, 7) is 0.850. The van der Waals surface area contributed by atoms with Crippen LogP contribution < -0.4 is 5.32 Å². The highest BCUT2D eigenvalue weighted by molar-refractivity contribution is 6.31. The summed E-state index contributed by atoms with van der Waals surface area (Å²) in [5.41, 5.74) is 0.686. The summed E-state index contributed by atoms with van der Waals surface area (Å²) in [4.78, 5) is 14.6. The maximum atomic E-state index is 13.0. The smallest absolute Gasteiger partial charge is 0.417 e. The van der Waals surface area contributed by atoms with Crippen LogP contribution in [0.25, 0.3) is 22.8 Å². The summed E-state index contributed by atoms with van der Waals surface area (Å²) in [6.07, 6.45) is -4.56. The number of nitrogens with one attached hydrogen (secondary N) is 1. The molecular weight excluding hydrogens is 446 g/mol. The Bertz CT molecular complexity index is 1010. The van der Waals surface area contributed by atoms with Crippen LogP contribution in [0.15, 0.2) is 47.0 Å². The summed E-state index contributed by atoms with van der Waals surface area (Å²) in [6, 6.07) is 10.5.